The van der Waals surface area contributed by atoms with Gasteiger partial charge in [0.1, 0.15) is 11.6 Å². The highest BCUT2D eigenvalue weighted by Gasteiger charge is 2.37. The topological polar surface area (TPSA) is 66.8 Å². The summed E-state index contributed by atoms with van der Waals surface area (Å²) in [4.78, 5) is 24.7. The first-order chi connectivity index (χ1) is 8.74. The first-order valence-corrected chi connectivity index (χ1v) is 6.97. The molecule has 1 saturated heterocycles. The lowest BCUT2D eigenvalue weighted by Gasteiger charge is -2.37. The summed E-state index contributed by atoms with van der Waals surface area (Å²) in [5, 5.41) is 9.29. The molecule has 1 amide bonds. The summed E-state index contributed by atoms with van der Waals surface area (Å²) in [6.45, 7) is 7.91. The lowest BCUT2D eigenvalue weighted by molar-refractivity contribution is -0.145. The Labute approximate surface area is 114 Å². The molecule has 5 nitrogen and oxygen atoms in total. The van der Waals surface area contributed by atoms with Crippen molar-refractivity contribution in [1.29, 1.82) is 0 Å². The van der Waals surface area contributed by atoms with E-state index in [1.807, 2.05) is 0 Å². The molecule has 1 aliphatic heterocycles. The highest BCUT2D eigenvalue weighted by molar-refractivity contribution is 5.80. The van der Waals surface area contributed by atoms with Crippen LogP contribution < -0.4 is 0 Å². The van der Waals surface area contributed by atoms with E-state index in [0.717, 1.165) is 19.3 Å². The summed E-state index contributed by atoms with van der Waals surface area (Å²) >= 11 is 0. The Hall–Kier alpha value is -1.26. The van der Waals surface area contributed by atoms with Crippen LogP contribution in [0.15, 0.2) is 0 Å². The number of ether oxygens (including phenoxy) is 1. The molecule has 0 radical (unpaired) electrons. The van der Waals surface area contributed by atoms with Gasteiger partial charge in [-0.25, -0.2) is 9.59 Å². The van der Waals surface area contributed by atoms with Gasteiger partial charge in [-0.1, -0.05) is 19.8 Å². The molecule has 0 saturated carbocycles. The molecule has 1 N–H and O–H groups in total. The number of hydrogen-bond donors (Lipinski definition) is 1. The molecular formula is C14H25NO4. The molecular weight excluding hydrogens is 246 g/mol. The van der Waals surface area contributed by atoms with Crippen molar-refractivity contribution in [2.75, 3.05) is 6.54 Å². The molecule has 1 fully saturated rings. The minimum atomic E-state index is -0.938. The molecule has 19 heavy (non-hydrogen) atoms. The average Bonchev–Trinajstić information content (AvgIpc) is 2.26. The van der Waals surface area contributed by atoms with E-state index in [9.17, 15) is 14.7 Å². The van der Waals surface area contributed by atoms with Crippen molar-refractivity contribution in [3.8, 4) is 0 Å². The second-order valence-corrected chi connectivity index (χ2v) is 6.21. The Morgan fingerprint density at radius 3 is 2.47 bits per heavy atom. The van der Waals surface area contributed by atoms with Crippen LogP contribution in [-0.4, -0.2) is 40.3 Å². The van der Waals surface area contributed by atoms with Crippen LogP contribution in [0.5, 0.6) is 0 Å². The van der Waals surface area contributed by atoms with Crippen LogP contribution in [0.2, 0.25) is 0 Å². The van der Waals surface area contributed by atoms with E-state index >= 15 is 0 Å². The van der Waals surface area contributed by atoms with Crippen LogP contribution in [0.25, 0.3) is 0 Å². The Morgan fingerprint density at radius 1 is 1.37 bits per heavy atom. The molecule has 1 heterocycles. The number of amides is 1. The van der Waals surface area contributed by atoms with E-state index in [-0.39, 0.29) is 0 Å². The summed E-state index contributed by atoms with van der Waals surface area (Å²) < 4.78 is 5.28. The number of rotatable bonds is 3. The quantitative estimate of drug-likeness (QED) is 0.857. The van der Waals surface area contributed by atoms with Gasteiger partial charge in [0.25, 0.3) is 0 Å². The van der Waals surface area contributed by atoms with E-state index in [2.05, 4.69) is 6.92 Å². The fraction of sp³-hybridized carbons (Fsp3) is 0.857. The number of carbonyl (C=O) groups excluding carboxylic acids is 1. The first-order valence-electron chi connectivity index (χ1n) is 6.97. The van der Waals surface area contributed by atoms with Gasteiger partial charge in [0.05, 0.1) is 0 Å². The van der Waals surface area contributed by atoms with Crippen molar-refractivity contribution >= 4 is 12.1 Å². The molecule has 0 spiro atoms. The number of carboxylic acid groups (broad SMARTS) is 1. The van der Waals surface area contributed by atoms with Crippen LogP contribution >= 0.6 is 0 Å². The van der Waals surface area contributed by atoms with Crippen molar-refractivity contribution in [3.63, 3.8) is 0 Å². The Kier molecular flexibility index (Phi) is 5.20. The number of carbonyl (C=O) groups is 2. The largest absolute Gasteiger partial charge is 0.480 e. The molecule has 0 aromatic rings. The van der Waals surface area contributed by atoms with Crippen molar-refractivity contribution < 1.29 is 19.4 Å². The van der Waals surface area contributed by atoms with E-state index in [1.54, 1.807) is 20.8 Å². The maximum atomic E-state index is 12.0. The van der Waals surface area contributed by atoms with Crippen LogP contribution in [0.3, 0.4) is 0 Å². The molecule has 0 bridgehead atoms. The van der Waals surface area contributed by atoms with Crippen molar-refractivity contribution in [3.05, 3.63) is 0 Å². The summed E-state index contributed by atoms with van der Waals surface area (Å²) in [6.07, 6.45) is 2.93. The third-order valence-electron chi connectivity index (χ3n) is 3.32. The molecule has 110 valence electrons. The van der Waals surface area contributed by atoms with E-state index in [4.69, 9.17) is 4.74 Å². The van der Waals surface area contributed by atoms with Crippen LogP contribution in [0, 0.1) is 5.92 Å². The number of piperidine rings is 1. The van der Waals surface area contributed by atoms with Crippen molar-refractivity contribution in [2.24, 2.45) is 5.92 Å². The zero-order valence-corrected chi connectivity index (χ0v) is 12.3. The smallest absolute Gasteiger partial charge is 0.411 e. The second kappa shape index (κ2) is 6.26. The SMILES string of the molecule is CCCC1CCN(C(=O)OC(C)(C)C)[C@H](C(=O)O)C1. The fourth-order valence-electron chi connectivity index (χ4n) is 2.48. The molecule has 1 aliphatic rings. The Morgan fingerprint density at radius 2 is 2.00 bits per heavy atom. The third-order valence-corrected chi connectivity index (χ3v) is 3.32. The molecule has 5 heteroatoms. The highest BCUT2D eigenvalue weighted by Crippen LogP contribution is 2.28. The second-order valence-electron chi connectivity index (χ2n) is 6.21. The summed E-state index contributed by atoms with van der Waals surface area (Å²) in [5.41, 5.74) is -0.597. The zero-order valence-electron chi connectivity index (χ0n) is 12.3. The molecule has 1 rings (SSSR count). The molecule has 2 atom stereocenters. The monoisotopic (exact) mass is 271 g/mol. The van der Waals surface area contributed by atoms with Gasteiger partial charge in [0.2, 0.25) is 0 Å². The number of carboxylic acids is 1. The van der Waals surface area contributed by atoms with E-state index < -0.39 is 23.7 Å². The molecule has 0 aromatic carbocycles. The van der Waals surface area contributed by atoms with Crippen molar-refractivity contribution in [2.45, 2.75) is 65.0 Å². The van der Waals surface area contributed by atoms with E-state index in [0.29, 0.717) is 18.9 Å². The maximum Gasteiger partial charge on any atom is 0.411 e. The number of aliphatic carboxylic acids is 1. The van der Waals surface area contributed by atoms with Gasteiger partial charge in [-0.3, -0.25) is 4.90 Å². The fourth-order valence-corrected chi connectivity index (χ4v) is 2.48. The predicted octanol–water partition coefficient (Wildman–Crippen LogP) is 2.89. The van der Waals surface area contributed by atoms with Crippen LogP contribution in [-0.2, 0) is 9.53 Å². The third kappa shape index (κ3) is 4.73. The van der Waals surface area contributed by atoms with Gasteiger partial charge in [-0.15, -0.1) is 0 Å². The first kappa shape index (κ1) is 15.8. The molecule has 0 aliphatic carbocycles. The maximum absolute atomic E-state index is 12.0. The summed E-state index contributed by atoms with van der Waals surface area (Å²) in [7, 11) is 0. The van der Waals surface area contributed by atoms with Crippen LogP contribution in [0.1, 0.15) is 53.4 Å². The van der Waals surface area contributed by atoms with Gasteiger partial charge < -0.3 is 9.84 Å². The summed E-state index contributed by atoms with van der Waals surface area (Å²) in [5.74, 6) is -0.545. The molecule has 1 unspecified atom stereocenters. The van der Waals surface area contributed by atoms with Gasteiger partial charge in [0.15, 0.2) is 0 Å². The minimum Gasteiger partial charge on any atom is -0.480 e. The van der Waals surface area contributed by atoms with Gasteiger partial charge in [-0.05, 0) is 39.5 Å². The van der Waals surface area contributed by atoms with Gasteiger partial charge >= 0.3 is 12.1 Å². The number of likely N-dealkylation sites (tertiary alicyclic amines) is 1. The standard InChI is InChI=1S/C14H25NO4/c1-5-6-10-7-8-15(11(9-10)12(16)17)13(18)19-14(2,3)4/h10-11H,5-9H2,1-4H3,(H,16,17)/t10?,11-/m0/s1. The zero-order chi connectivity index (χ0) is 14.6. The minimum absolute atomic E-state index is 0.393. The highest BCUT2D eigenvalue weighted by atomic mass is 16.6. The van der Waals surface area contributed by atoms with E-state index in [1.165, 1.54) is 4.90 Å². The number of nitrogens with zero attached hydrogens (tertiary/aromatic N) is 1. The summed E-state index contributed by atoms with van der Waals surface area (Å²) in [6, 6.07) is -0.750. The van der Waals surface area contributed by atoms with Crippen LogP contribution in [0.4, 0.5) is 4.79 Å². The lowest BCUT2D eigenvalue weighted by Crippen LogP contribution is -2.51. The van der Waals surface area contributed by atoms with Gasteiger partial charge in [0, 0.05) is 6.54 Å². The Bertz CT molecular complexity index is 335. The molecule has 0 aromatic heterocycles. The average molecular weight is 271 g/mol. The van der Waals surface area contributed by atoms with Gasteiger partial charge in [-0.2, -0.15) is 0 Å². The number of hydrogen-bond acceptors (Lipinski definition) is 3. The van der Waals surface area contributed by atoms with Crippen molar-refractivity contribution in [1.82, 2.24) is 4.90 Å². The Balaban J connectivity index is 2.72. The normalized spacial score (nSPS) is 24.1. The predicted molar refractivity (Wildman–Crippen MR) is 72.0 cm³/mol. The lowest BCUT2D eigenvalue weighted by atomic mass is 9.88.